The molecule has 1 aliphatic rings. The van der Waals surface area contributed by atoms with E-state index in [1.54, 1.807) is 18.2 Å². The number of halogens is 3. The number of thiocarbonyl (C=S) groups is 1. The molecule has 0 unspecified atom stereocenters. The Morgan fingerprint density at radius 1 is 1.12 bits per heavy atom. The molecule has 3 rings (SSSR count). The van der Waals surface area contributed by atoms with Gasteiger partial charge in [-0.05, 0) is 48.1 Å². The van der Waals surface area contributed by atoms with E-state index in [-0.39, 0.29) is 17.6 Å². The highest BCUT2D eigenvalue weighted by Gasteiger charge is 2.33. The van der Waals surface area contributed by atoms with Gasteiger partial charge in [0.2, 0.25) is 6.79 Å². The van der Waals surface area contributed by atoms with Crippen LogP contribution in [0.3, 0.4) is 0 Å². The lowest BCUT2D eigenvalue weighted by Gasteiger charge is -2.14. The summed E-state index contributed by atoms with van der Waals surface area (Å²) in [6.45, 7) is 0.167. The van der Waals surface area contributed by atoms with Gasteiger partial charge in [-0.2, -0.15) is 18.3 Å². The van der Waals surface area contributed by atoms with Gasteiger partial charge in [0.05, 0.1) is 17.5 Å². The van der Waals surface area contributed by atoms with E-state index in [1.165, 1.54) is 24.4 Å². The largest absolute Gasteiger partial charge is 0.454 e. The average molecular weight is 367 g/mol. The molecule has 2 N–H and O–H groups in total. The zero-order chi connectivity index (χ0) is 17.9. The number of benzene rings is 2. The van der Waals surface area contributed by atoms with E-state index in [0.717, 1.165) is 11.6 Å². The Labute approximate surface area is 146 Å². The van der Waals surface area contributed by atoms with Gasteiger partial charge in [0.25, 0.3) is 0 Å². The maximum atomic E-state index is 12.9. The van der Waals surface area contributed by atoms with Gasteiger partial charge in [-0.3, -0.25) is 5.43 Å². The third kappa shape index (κ3) is 4.18. The minimum Gasteiger partial charge on any atom is -0.454 e. The number of nitrogens with one attached hydrogen (secondary N) is 2. The number of ether oxygens (including phenoxy) is 2. The Balaban J connectivity index is 1.62. The zero-order valence-electron chi connectivity index (χ0n) is 12.6. The highest BCUT2D eigenvalue weighted by molar-refractivity contribution is 7.80. The van der Waals surface area contributed by atoms with Crippen molar-refractivity contribution in [3.05, 3.63) is 53.6 Å². The van der Waals surface area contributed by atoms with Crippen molar-refractivity contribution < 1.29 is 22.6 Å². The van der Waals surface area contributed by atoms with Gasteiger partial charge in [-0.1, -0.05) is 12.1 Å². The van der Waals surface area contributed by atoms with Crippen molar-refractivity contribution in [2.24, 2.45) is 5.10 Å². The van der Waals surface area contributed by atoms with Gasteiger partial charge in [-0.25, -0.2) is 0 Å². The van der Waals surface area contributed by atoms with Crippen molar-refractivity contribution in [1.29, 1.82) is 0 Å². The van der Waals surface area contributed by atoms with E-state index < -0.39 is 11.7 Å². The summed E-state index contributed by atoms with van der Waals surface area (Å²) in [6, 6.07) is 10.3. The molecule has 2 aromatic carbocycles. The molecule has 0 saturated carbocycles. The highest BCUT2D eigenvalue weighted by Crippen LogP contribution is 2.34. The summed E-state index contributed by atoms with van der Waals surface area (Å²) in [7, 11) is 0. The van der Waals surface area contributed by atoms with E-state index >= 15 is 0 Å². The summed E-state index contributed by atoms with van der Waals surface area (Å²) in [6.07, 6.45) is -3.01. The number of hydrazone groups is 1. The lowest BCUT2D eigenvalue weighted by Crippen LogP contribution is -2.25. The second kappa shape index (κ2) is 6.98. The Kier molecular flexibility index (Phi) is 4.75. The van der Waals surface area contributed by atoms with E-state index in [0.29, 0.717) is 11.5 Å². The Hall–Kier alpha value is -2.81. The molecule has 25 heavy (non-hydrogen) atoms. The number of anilines is 1. The first-order valence-electron chi connectivity index (χ1n) is 7.09. The van der Waals surface area contributed by atoms with Crippen molar-refractivity contribution >= 4 is 29.2 Å². The van der Waals surface area contributed by atoms with E-state index in [1.807, 2.05) is 0 Å². The lowest BCUT2D eigenvalue weighted by atomic mass is 10.2. The summed E-state index contributed by atoms with van der Waals surface area (Å²) >= 11 is 4.97. The van der Waals surface area contributed by atoms with Crippen LogP contribution in [0, 0.1) is 0 Å². The van der Waals surface area contributed by atoms with E-state index in [4.69, 9.17) is 21.7 Å². The number of alkyl halides is 3. The molecule has 0 atom stereocenters. The van der Waals surface area contributed by atoms with Crippen molar-refractivity contribution in [3.63, 3.8) is 0 Å². The summed E-state index contributed by atoms with van der Waals surface area (Å²) < 4.78 is 49.2. The maximum Gasteiger partial charge on any atom is 0.418 e. The monoisotopic (exact) mass is 367 g/mol. The number of hydrogen-bond donors (Lipinski definition) is 2. The average Bonchev–Trinajstić information content (AvgIpc) is 3.02. The molecule has 0 amide bonds. The molecule has 0 spiro atoms. The molecule has 2 aromatic rings. The maximum absolute atomic E-state index is 12.9. The van der Waals surface area contributed by atoms with Crippen molar-refractivity contribution in [2.45, 2.75) is 6.18 Å². The van der Waals surface area contributed by atoms with Crippen LogP contribution in [0.1, 0.15) is 11.1 Å². The highest BCUT2D eigenvalue weighted by atomic mass is 32.1. The third-order valence-electron chi connectivity index (χ3n) is 3.26. The SMILES string of the molecule is FC(F)(F)c1ccccc1NC(=S)NN=Cc1ccc2c(c1)OCO2. The number of hydrogen-bond acceptors (Lipinski definition) is 4. The molecule has 0 aliphatic carbocycles. The van der Waals surface area contributed by atoms with Gasteiger partial charge in [-0.15, -0.1) is 0 Å². The Bertz CT molecular complexity index is 825. The predicted octanol–water partition coefficient (Wildman–Crippen LogP) is 3.75. The second-order valence-corrected chi connectivity index (χ2v) is 5.39. The van der Waals surface area contributed by atoms with Crippen molar-refractivity contribution in [2.75, 3.05) is 12.1 Å². The summed E-state index contributed by atoms with van der Waals surface area (Å²) in [5.41, 5.74) is 2.24. The first-order valence-corrected chi connectivity index (χ1v) is 7.50. The lowest BCUT2D eigenvalue weighted by molar-refractivity contribution is -0.136. The number of rotatable bonds is 3. The van der Waals surface area contributed by atoms with Gasteiger partial charge in [0.1, 0.15) is 0 Å². The molecule has 0 bridgehead atoms. The molecular weight excluding hydrogens is 355 g/mol. The first kappa shape index (κ1) is 17.0. The second-order valence-electron chi connectivity index (χ2n) is 4.98. The summed E-state index contributed by atoms with van der Waals surface area (Å²) in [5.74, 6) is 1.25. The zero-order valence-corrected chi connectivity index (χ0v) is 13.4. The molecule has 0 saturated heterocycles. The van der Waals surface area contributed by atoms with Gasteiger partial charge >= 0.3 is 6.18 Å². The number of fused-ring (bicyclic) bond motifs is 1. The van der Waals surface area contributed by atoms with Crippen molar-refractivity contribution in [3.8, 4) is 11.5 Å². The molecular formula is C16H12F3N3O2S. The van der Waals surface area contributed by atoms with Crippen molar-refractivity contribution in [1.82, 2.24) is 5.43 Å². The Morgan fingerprint density at radius 3 is 2.68 bits per heavy atom. The molecule has 9 heteroatoms. The Morgan fingerprint density at radius 2 is 1.88 bits per heavy atom. The molecule has 130 valence electrons. The fourth-order valence-corrected chi connectivity index (χ4v) is 2.31. The molecule has 0 aromatic heterocycles. The summed E-state index contributed by atoms with van der Waals surface area (Å²) in [5, 5.41) is 6.32. The molecule has 0 radical (unpaired) electrons. The minimum absolute atomic E-state index is 0.0614. The standard InChI is InChI=1S/C16H12F3N3O2S/c17-16(18,19)11-3-1-2-4-12(11)21-15(25)22-20-8-10-5-6-13-14(7-10)24-9-23-13/h1-8H,9H2,(H2,21,22,25). The minimum atomic E-state index is -4.48. The van der Waals surface area contributed by atoms with Crippen LogP contribution in [-0.2, 0) is 6.18 Å². The van der Waals surface area contributed by atoms with Crippen LogP contribution in [0.2, 0.25) is 0 Å². The number of para-hydroxylation sites is 1. The molecule has 1 heterocycles. The quantitative estimate of drug-likeness (QED) is 0.492. The van der Waals surface area contributed by atoms with Crippen LogP contribution in [0.5, 0.6) is 11.5 Å². The first-order chi connectivity index (χ1) is 11.9. The van der Waals surface area contributed by atoms with Crippen LogP contribution in [0.4, 0.5) is 18.9 Å². The van der Waals surface area contributed by atoms with E-state index in [2.05, 4.69) is 15.8 Å². The fourth-order valence-electron chi connectivity index (χ4n) is 2.15. The van der Waals surface area contributed by atoms with Gasteiger partial charge in [0, 0.05) is 0 Å². The van der Waals surface area contributed by atoms with Crippen LogP contribution in [0.15, 0.2) is 47.6 Å². The van der Waals surface area contributed by atoms with Gasteiger partial charge in [0.15, 0.2) is 16.6 Å². The van der Waals surface area contributed by atoms with Crippen LogP contribution in [0.25, 0.3) is 0 Å². The van der Waals surface area contributed by atoms with Crippen LogP contribution < -0.4 is 20.2 Å². The van der Waals surface area contributed by atoms with Crippen LogP contribution in [-0.4, -0.2) is 18.1 Å². The molecule has 5 nitrogen and oxygen atoms in total. The molecule has 1 aliphatic heterocycles. The van der Waals surface area contributed by atoms with E-state index in [9.17, 15) is 13.2 Å². The summed E-state index contributed by atoms with van der Waals surface area (Å²) in [4.78, 5) is 0. The van der Waals surface area contributed by atoms with Crippen LogP contribution >= 0.6 is 12.2 Å². The molecule has 0 fully saturated rings. The normalized spacial score (nSPS) is 13.1. The number of nitrogens with zero attached hydrogens (tertiary/aromatic N) is 1. The third-order valence-corrected chi connectivity index (χ3v) is 3.45. The predicted molar refractivity (Wildman–Crippen MR) is 91.0 cm³/mol. The smallest absolute Gasteiger partial charge is 0.418 e. The topological polar surface area (TPSA) is 54.9 Å². The fraction of sp³-hybridized carbons (Fsp3) is 0.125. The van der Waals surface area contributed by atoms with Gasteiger partial charge < -0.3 is 14.8 Å².